The number of hydrogen-bond acceptors (Lipinski definition) is 5. The molecule has 3 aromatic rings. The second-order valence-electron chi connectivity index (χ2n) is 6.71. The summed E-state index contributed by atoms with van der Waals surface area (Å²) in [7, 11) is 1.57. The Labute approximate surface area is 168 Å². The van der Waals surface area contributed by atoms with Gasteiger partial charge in [-0.3, -0.25) is 14.3 Å². The molecule has 0 atom stereocenters. The Bertz CT molecular complexity index is 1040. The van der Waals surface area contributed by atoms with Gasteiger partial charge in [-0.05, 0) is 18.2 Å². The first-order valence-corrected chi connectivity index (χ1v) is 9.42. The Balaban J connectivity index is 1.57. The molecule has 1 fully saturated rings. The number of morpholine rings is 1. The van der Waals surface area contributed by atoms with E-state index < -0.39 is 0 Å². The number of carbonyl (C=O) groups is 2. The maximum atomic E-state index is 13.0. The highest BCUT2D eigenvalue weighted by Crippen LogP contribution is 2.21. The molecule has 29 heavy (non-hydrogen) atoms. The van der Waals surface area contributed by atoms with Crippen LogP contribution in [0.3, 0.4) is 0 Å². The number of fused-ring (bicyclic) bond motifs is 1. The number of anilines is 1. The summed E-state index contributed by atoms with van der Waals surface area (Å²) >= 11 is 0. The summed E-state index contributed by atoms with van der Waals surface area (Å²) in [5.74, 6) is 0.277. The summed E-state index contributed by atoms with van der Waals surface area (Å²) in [6.45, 7) is 2.11. The van der Waals surface area contributed by atoms with Crippen molar-refractivity contribution in [2.75, 3.05) is 38.7 Å². The lowest BCUT2D eigenvalue weighted by molar-refractivity contribution is -0.116. The molecule has 1 aromatic heterocycles. The molecule has 0 spiro atoms. The van der Waals surface area contributed by atoms with Crippen LogP contribution in [-0.2, 0) is 16.1 Å². The number of nitrogens with zero attached hydrogens (tertiary/aromatic N) is 3. The second kappa shape index (κ2) is 8.32. The van der Waals surface area contributed by atoms with Crippen LogP contribution < -0.4 is 10.1 Å². The fraction of sp³-hybridized carbons (Fsp3) is 0.286. The molecule has 1 N–H and O–H groups in total. The third-order valence-electron chi connectivity index (χ3n) is 4.81. The van der Waals surface area contributed by atoms with Gasteiger partial charge in [-0.1, -0.05) is 24.3 Å². The molecule has 0 radical (unpaired) electrons. The summed E-state index contributed by atoms with van der Waals surface area (Å²) in [5.41, 5.74) is 1.73. The van der Waals surface area contributed by atoms with Crippen LogP contribution in [0.1, 0.15) is 10.5 Å². The summed E-state index contributed by atoms with van der Waals surface area (Å²) < 4.78 is 12.1. The molecule has 1 aliphatic heterocycles. The normalized spacial score (nSPS) is 14.0. The van der Waals surface area contributed by atoms with E-state index in [1.807, 2.05) is 24.3 Å². The number of nitrogens with one attached hydrogen (secondary N) is 1. The van der Waals surface area contributed by atoms with Gasteiger partial charge >= 0.3 is 0 Å². The van der Waals surface area contributed by atoms with Crippen molar-refractivity contribution >= 4 is 28.4 Å². The smallest absolute Gasteiger partial charge is 0.275 e. The van der Waals surface area contributed by atoms with Crippen molar-refractivity contribution in [2.45, 2.75) is 6.54 Å². The highest BCUT2D eigenvalue weighted by molar-refractivity contribution is 6.05. The van der Waals surface area contributed by atoms with Gasteiger partial charge in [0, 0.05) is 30.2 Å². The Morgan fingerprint density at radius 3 is 2.72 bits per heavy atom. The zero-order valence-corrected chi connectivity index (χ0v) is 16.1. The first kappa shape index (κ1) is 18.9. The highest BCUT2D eigenvalue weighted by Gasteiger charge is 2.24. The topological polar surface area (TPSA) is 85.7 Å². The molecule has 2 heterocycles. The molecular weight excluding hydrogens is 372 g/mol. The number of para-hydroxylation sites is 1. The van der Waals surface area contributed by atoms with Gasteiger partial charge in [0.25, 0.3) is 5.91 Å². The molecule has 1 aliphatic rings. The fourth-order valence-electron chi connectivity index (χ4n) is 3.36. The van der Waals surface area contributed by atoms with E-state index in [4.69, 9.17) is 9.47 Å². The van der Waals surface area contributed by atoms with Crippen LogP contribution in [0.25, 0.3) is 10.9 Å². The van der Waals surface area contributed by atoms with Crippen molar-refractivity contribution in [2.24, 2.45) is 0 Å². The van der Waals surface area contributed by atoms with Crippen LogP contribution in [0.15, 0.2) is 48.5 Å². The molecule has 8 heteroatoms. The zero-order valence-electron chi connectivity index (χ0n) is 16.1. The van der Waals surface area contributed by atoms with Crippen molar-refractivity contribution < 1.29 is 19.1 Å². The maximum Gasteiger partial charge on any atom is 0.275 e. The average Bonchev–Trinajstić information content (AvgIpc) is 3.12. The molecule has 0 bridgehead atoms. The standard InChI is InChI=1S/C21H22N4O4/c1-28-16-6-4-5-15(13-16)22-19(26)14-25-18-8-3-2-7-17(18)20(23-25)21(27)24-9-11-29-12-10-24/h2-8,13H,9-12,14H2,1H3,(H,22,26). The molecule has 8 nitrogen and oxygen atoms in total. The SMILES string of the molecule is COc1cccc(NC(=O)Cn2nc(C(=O)N3CCOCC3)c3ccccc32)c1. The van der Waals surface area contributed by atoms with Gasteiger partial charge < -0.3 is 19.7 Å². The quantitative estimate of drug-likeness (QED) is 0.717. The first-order valence-electron chi connectivity index (χ1n) is 9.42. The van der Waals surface area contributed by atoms with Crippen molar-refractivity contribution in [3.63, 3.8) is 0 Å². The number of rotatable bonds is 5. The van der Waals surface area contributed by atoms with Crippen molar-refractivity contribution in [3.8, 4) is 5.75 Å². The van der Waals surface area contributed by atoms with E-state index in [0.717, 1.165) is 10.9 Å². The summed E-state index contributed by atoms with van der Waals surface area (Å²) in [5, 5.41) is 8.05. The second-order valence-corrected chi connectivity index (χ2v) is 6.71. The van der Waals surface area contributed by atoms with Gasteiger partial charge in [-0.15, -0.1) is 0 Å². The maximum absolute atomic E-state index is 13.0. The van der Waals surface area contributed by atoms with E-state index in [9.17, 15) is 9.59 Å². The van der Waals surface area contributed by atoms with E-state index in [1.165, 1.54) is 0 Å². The van der Waals surface area contributed by atoms with E-state index >= 15 is 0 Å². The Morgan fingerprint density at radius 2 is 1.93 bits per heavy atom. The van der Waals surface area contributed by atoms with Gasteiger partial charge in [-0.2, -0.15) is 5.10 Å². The molecule has 2 aromatic carbocycles. The van der Waals surface area contributed by atoms with Gasteiger partial charge in [-0.25, -0.2) is 0 Å². The monoisotopic (exact) mass is 394 g/mol. The Hall–Kier alpha value is -3.39. The Kier molecular flexibility index (Phi) is 5.44. The number of carbonyl (C=O) groups excluding carboxylic acids is 2. The number of benzene rings is 2. The minimum absolute atomic E-state index is 0.00584. The van der Waals surface area contributed by atoms with Gasteiger partial charge in [0.15, 0.2) is 5.69 Å². The van der Waals surface area contributed by atoms with Crippen LogP contribution in [0.2, 0.25) is 0 Å². The molecular formula is C21H22N4O4. The Morgan fingerprint density at radius 1 is 1.14 bits per heavy atom. The van der Waals surface area contributed by atoms with Gasteiger partial charge in [0.1, 0.15) is 12.3 Å². The van der Waals surface area contributed by atoms with E-state index in [1.54, 1.807) is 41.0 Å². The van der Waals surface area contributed by atoms with Crippen LogP contribution in [-0.4, -0.2) is 59.9 Å². The third kappa shape index (κ3) is 4.07. The molecule has 0 unspecified atom stereocenters. The average molecular weight is 394 g/mol. The number of hydrogen-bond donors (Lipinski definition) is 1. The molecule has 0 aliphatic carbocycles. The number of amides is 2. The first-order chi connectivity index (χ1) is 14.2. The lowest BCUT2D eigenvalue weighted by Gasteiger charge is -2.26. The fourth-order valence-corrected chi connectivity index (χ4v) is 3.36. The lowest BCUT2D eigenvalue weighted by Crippen LogP contribution is -2.41. The van der Waals surface area contributed by atoms with E-state index in [-0.39, 0.29) is 18.4 Å². The number of aromatic nitrogens is 2. The molecule has 0 saturated carbocycles. The van der Waals surface area contributed by atoms with Crippen LogP contribution >= 0.6 is 0 Å². The molecule has 4 rings (SSSR count). The largest absolute Gasteiger partial charge is 0.497 e. The van der Waals surface area contributed by atoms with Crippen molar-refractivity contribution in [1.82, 2.24) is 14.7 Å². The molecule has 2 amide bonds. The van der Waals surface area contributed by atoms with Gasteiger partial charge in [0.2, 0.25) is 5.91 Å². The van der Waals surface area contributed by atoms with Crippen LogP contribution in [0.4, 0.5) is 5.69 Å². The van der Waals surface area contributed by atoms with Crippen LogP contribution in [0.5, 0.6) is 5.75 Å². The predicted molar refractivity (Wildman–Crippen MR) is 108 cm³/mol. The predicted octanol–water partition coefficient (Wildman–Crippen LogP) is 2.16. The zero-order chi connectivity index (χ0) is 20.2. The third-order valence-corrected chi connectivity index (χ3v) is 4.81. The molecule has 1 saturated heterocycles. The molecule has 150 valence electrons. The summed E-state index contributed by atoms with van der Waals surface area (Å²) in [6.07, 6.45) is 0. The minimum atomic E-state index is -0.239. The van der Waals surface area contributed by atoms with E-state index in [2.05, 4.69) is 10.4 Å². The number of ether oxygens (including phenoxy) is 2. The van der Waals surface area contributed by atoms with Crippen molar-refractivity contribution in [1.29, 1.82) is 0 Å². The number of methoxy groups -OCH3 is 1. The summed E-state index contributed by atoms with van der Waals surface area (Å²) in [6, 6.07) is 14.6. The van der Waals surface area contributed by atoms with Crippen molar-refractivity contribution in [3.05, 3.63) is 54.2 Å². The lowest BCUT2D eigenvalue weighted by atomic mass is 10.2. The van der Waals surface area contributed by atoms with Gasteiger partial charge in [0.05, 0.1) is 25.8 Å². The van der Waals surface area contributed by atoms with E-state index in [0.29, 0.717) is 43.4 Å². The summed E-state index contributed by atoms with van der Waals surface area (Å²) in [4.78, 5) is 27.3. The minimum Gasteiger partial charge on any atom is -0.497 e. The highest BCUT2D eigenvalue weighted by atomic mass is 16.5. The van der Waals surface area contributed by atoms with Crippen LogP contribution in [0, 0.1) is 0 Å².